The molecule has 4 rings (SSSR count). The van der Waals surface area contributed by atoms with E-state index in [1.54, 1.807) is 0 Å². The minimum absolute atomic E-state index is 0.0542. The number of aromatic nitrogens is 3. The van der Waals surface area contributed by atoms with Gasteiger partial charge in [-0.05, 0) is 32.8 Å². The fourth-order valence-corrected chi connectivity index (χ4v) is 3.74. The molecule has 1 N–H and O–H groups in total. The second-order valence-corrected chi connectivity index (χ2v) is 7.42. The summed E-state index contributed by atoms with van der Waals surface area (Å²) >= 11 is 0. The first-order chi connectivity index (χ1) is 14.7. The number of nitrogens with one attached hydrogen (secondary N) is 1. The molecule has 1 aliphatic heterocycles. The zero-order valence-electron chi connectivity index (χ0n) is 17.5. The normalized spacial score (nSPS) is 13.7. The summed E-state index contributed by atoms with van der Waals surface area (Å²) in [4.78, 5) is 23.9. The number of aryl methyl sites for hydroxylation is 2. The van der Waals surface area contributed by atoms with Crippen LogP contribution < -0.4 is 15.0 Å². The zero-order chi connectivity index (χ0) is 20.9. The van der Waals surface area contributed by atoms with Gasteiger partial charge in [0.2, 0.25) is 5.91 Å². The van der Waals surface area contributed by atoms with Gasteiger partial charge in [0.1, 0.15) is 22.8 Å². The minimum atomic E-state index is -0.0542. The van der Waals surface area contributed by atoms with Crippen molar-refractivity contribution in [3.8, 4) is 5.75 Å². The summed E-state index contributed by atoms with van der Waals surface area (Å²) in [5, 5.41) is 7.89. The largest absolute Gasteiger partial charge is 0.494 e. The van der Waals surface area contributed by atoms with E-state index in [2.05, 4.69) is 20.4 Å². The van der Waals surface area contributed by atoms with Crippen LogP contribution in [0.2, 0.25) is 0 Å². The molecule has 158 valence electrons. The van der Waals surface area contributed by atoms with Crippen LogP contribution in [0.1, 0.15) is 43.3 Å². The first-order valence-electron chi connectivity index (χ1n) is 10.5. The average Bonchev–Trinajstić information content (AvgIpc) is 3.42. The Morgan fingerprint density at radius 2 is 2.03 bits per heavy atom. The number of rotatable bonds is 8. The highest BCUT2D eigenvalue weighted by Gasteiger charge is 2.22. The van der Waals surface area contributed by atoms with Crippen molar-refractivity contribution in [3.63, 3.8) is 0 Å². The van der Waals surface area contributed by atoms with Crippen LogP contribution in [0.4, 0.5) is 5.82 Å². The van der Waals surface area contributed by atoms with E-state index in [0.717, 1.165) is 54.1 Å². The molecular weight excluding hydrogens is 382 g/mol. The van der Waals surface area contributed by atoms with Crippen LogP contribution >= 0.6 is 0 Å². The molecule has 1 aromatic carbocycles. The molecule has 1 fully saturated rings. The number of hydrogen-bond donors (Lipinski definition) is 1. The standard InChI is InChI=1S/C22H27N5O3/c1-3-29-17-9-5-4-8-16(17)14-23-19(28)11-10-18-24-21(27-12-6-7-13-27)20-15(2)26-30-22(20)25-18/h4-5,8-9H,3,6-7,10-14H2,1-2H3,(H,23,28). The lowest BCUT2D eigenvalue weighted by Crippen LogP contribution is -2.24. The number of anilines is 1. The number of fused-ring (bicyclic) bond motifs is 1. The topological polar surface area (TPSA) is 93.4 Å². The lowest BCUT2D eigenvalue weighted by molar-refractivity contribution is -0.121. The third kappa shape index (κ3) is 4.37. The number of amides is 1. The highest BCUT2D eigenvalue weighted by atomic mass is 16.5. The number of para-hydroxylation sites is 1. The first-order valence-corrected chi connectivity index (χ1v) is 10.5. The van der Waals surface area contributed by atoms with E-state index in [1.807, 2.05) is 38.1 Å². The molecule has 0 spiro atoms. The number of nitrogens with zero attached hydrogens (tertiary/aromatic N) is 4. The highest BCUT2D eigenvalue weighted by Crippen LogP contribution is 2.29. The molecule has 0 atom stereocenters. The molecule has 8 heteroatoms. The number of benzene rings is 1. The summed E-state index contributed by atoms with van der Waals surface area (Å²) in [6.45, 7) is 6.80. The van der Waals surface area contributed by atoms with Gasteiger partial charge in [-0.15, -0.1) is 0 Å². The van der Waals surface area contributed by atoms with Gasteiger partial charge < -0.3 is 19.5 Å². The monoisotopic (exact) mass is 409 g/mol. The van der Waals surface area contributed by atoms with E-state index < -0.39 is 0 Å². The predicted molar refractivity (Wildman–Crippen MR) is 114 cm³/mol. The first kappa shape index (κ1) is 20.1. The van der Waals surface area contributed by atoms with E-state index in [4.69, 9.17) is 14.2 Å². The Morgan fingerprint density at radius 1 is 1.23 bits per heavy atom. The van der Waals surface area contributed by atoms with Gasteiger partial charge in [0.05, 0.1) is 12.3 Å². The summed E-state index contributed by atoms with van der Waals surface area (Å²) in [7, 11) is 0. The third-order valence-electron chi connectivity index (χ3n) is 5.26. The van der Waals surface area contributed by atoms with Crippen molar-refractivity contribution in [1.82, 2.24) is 20.4 Å². The quantitative estimate of drug-likeness (QED) is 0.611. The molecular formula is C22H27N5O3. The Balaban J connectivity index is 1.42. The van der Waals surface area contributed by atoms with Crippen molar-refractivity contribution < 1.29 is 14.1 Å². The molecule has 0 saturated carbocycles. The Kier molecular flexibility index (Phi) is 6.11. The lowest BCUT2D eigenvalue weighted by atomic mass is 10.2. The maximum atomic E-state index is 12.4. The zero-order valence-corrected chi connectivity index (χ0v) is 17.5. The Hall–Kier alpha value is -3.16. The molecule has 1 amide bonds. The van der Waals surface area contributed by atoms with Crippen LogP contribution in [0.5, 0.6) is 5.75 Å². The summed E-state index contributed by atoms with van der Waals surface area (Å²) in [5.74, 6) is 2.22. The molecule has 0 aliphatic carbocycles. The van der Waals surface area contributed by atoms with Gasteiger partial charge in [0, 0.05) is 38.0 Å². The van der Waals surface area contributed by atoms with Crippen molar-refractivity contribution in [2.75, 3.05) is 24.6 Å². The predicted octanol–water partition coefficient (Wildman–Crippen LogP) is 3.17. The van der Waals surface area contributed by atoms with Gasteiger partial charge in [-0.2, -0.15) is 4.98 Å². The van der Waals surface area contributed by atoms with Gasteiger partial charge >= 0.3 is 0 Å². The molecule has 0 bridgehead atoms. The average molecular weight is 409 g/mol. The summed E-state index contributed by atoms with van der Waals surface area (Å²) < 4.78 is 11.0. The Labute approximate surface area is 175 Å². The van der Waals surface area contributed by atoms with Crippen molar-refractivity contribution in [3.05, 3.63) is 41.3 Å². The van der Waals surface area contributed by atoms with Crippen molar-refractivity contribution in [1.29, 1.82) is 0 Å². The van der Waals surface area contributed by atoms with Crippen LogP contribution in [0.3, 0.4) is 0 Å². The summed E-state index contributed by atoms with van der Waals surface area (Å²) in [6, 6.07) is 7.73. The summed E-state index contributed by atoms with van der Waals surface area (Å²) in [6.07, 6.45) is 3.04. The second-order valence-electron chi connectivity index (χ2n) is 7.42. The molecule has 30 heavy (non-hydrogen) atoms. The third-order valence-corrected chi connectivity index (χ3v) is 5.26. The maximum Gasteiger partial charge on any atom is 0.263 e. The lowest BCUT2D eigenvalue weighted by Gasteiger charge is -2.17. The van der Waals surface area contributed by atoms with E-state index in [9.17, 15) is 4.79 Å². The van der Waals surface area contributed by atoms with Crippen LogP contribution in [-0.2, 0) is 17.8 Å². The molecule has 0 unspecified atom stereocenters. The molecule has 1 saturated heterocycles. The van der Waals surface area contributed by atoms with Crippen LogP contribution in [0, 0.1) is 6.92 Å². The Bertz CT molecular complexity index is 1030. The van der Waals surface area contributed by atoms with E-state index in [1.165, 1.54) is 0 Å². The van der Waals surface area contributed by atoms with Gasteiger partial charge in [0.25, 0.3) is 5.71 Å². The highest BCUT2D eigenvalue weighted by molar-refractivity contribution is 5.88. The van der Waals surface area contributed by atoms with Gasteiger partial charge in [0.15, 0.2) is 0 Å². The molecule has 8 nitrogen and oxygen atoms in total. The van der Waals surface area contributed by atoms with Crippen molar-refractivity contribution in [2.45, 2.75) is 46.1 Å². The smallest absolute Gasteiger partial charge is 0.263 e. The second kappa shape index (κ2) is 9.11. The Morgan fingerprint density at radius 3 is 2.83 bits per heavy atom. The van der Waals surface area contributed by atoms with Gasteiger partial charge in [-0.3, -0.25) is 4.79 Å². The number of ether oxygens (including phenoxy) is 1. The maximum absolute atomic E-state index is 12.4. The van der Waals surface area contributed by atoms with Crippen molar-refractivity contribution >= 4 is 22.8 Å². The van der Waals surface area contributed by atoms with Crippen molar-refractivity contribution in [2.24, 2.45) is 0 Å². The van der Waals surface area contributed by atoms with Crippen LogP contribution in [0.25, 0.3) is 11.1 Å². The number of hydrogen-bond acceptors (Lipinski definition) is 7. The van der Waals surface area contributed by atoms with Crippen LogP contribution in [-0.4, -0.2) is 40.7 Å². The molecule has 2 aromatic heterocycles. The van der Waals surface area contributed by atoms with Gasteiger partial charge in [-0.25, -0.2) is 4.98 Å². The number of carbonyl (C=O) groups is 1. The minimum Gasteiger partial charge on any atom is -0.494 e. The number of carbonyl (C=O) groups excluding carboxylic acids is 1. The van der Waals surface area contributed by atoms with E-state index >= 15 is 0 Å². The molecule has 1 aliphatic rings. The molecule has 0 radical (unpaired) electrons. The van der Waals surface area contributed by atoms with E-state index in [-0.39, 0.29) is 5.91 Å². The van der Waals surface area contributed by atoms with E-state index in [0.29, 0.717) is 37.5 Å². The van der Waals surface area contributed by atoms with Gasteiger partial charge in [-0.1, -0.05) is 23.4 Å². The SMILES string of the molecule is CCOc1ccccc1CNC(=O)CCc1nc(N2CCCC2)c2c(C)noc2n1. The summed E-state index contributed by atoms with van der Waals surface area (Å²) in [5.41, 5.74) is 2.24. The fraction of sp³-hybridized carbons (Fsp3) is 0.455. The molecule has 3 heterocycles. The molecule has 3 aromatic rings. The van der Waals surface area contributed by atoms with Crippen LogP contribution in [0.15, 0.2) is 28.8 Å². The fourth-order valence-electron chi connectivity index (χ4n) is 3.74.